The van der Waals surface area contributed by atoms with E-state index in [9.17, 15) is 13.6 Å². The van der Waals surface area contributed by atoms with Crippen LogP contribution in [-0.2, 0) is 6.54 Å². The molecule has 0 radical (unpaired) electrons. The molecule has 1 amide bonds. The number of fused-ring (bicyclic) bond motifs is 1. The van der Waals surface area contributed by atoms with Crippen molar-refractivity contribution in [2.75, 3.05) is 0 Å². The van der Waals surface area contributed by atoms with Crippen LogP contribution >= 0.6 is 0 Å². The Kier molecular flexibility index (Phi) is 5.67. The van der Waals surface area contributed by atoms with Gasteiger partial charge in [-0.3, -0.25) is 4.79 Å². The number of nitrogens with one attached hydrogen (secondary N) is 1. The number of ether oxygens (including phenoxy) is 1. The van der Waals surface area contributed by atoms with Gasteiger partial charge >= 0.3 is 6.61 Å². The fourth-order valence-electron chi connectivity index (χ4n) is 2.93. The third-order valence-corrected chi connectivity index (χ3v) is 4.34. The average molecular weight is 386 g/mol. The van der Waals surface area contributed by atoms with Crippen molar-refractivity contribution >= 4 is 22.7 Å². The van der Waals surface area contributed by atoms with Crippen molar-refractivity contribution in [3.8, 4) is 5.75 Å². The molecule has 0 fully saturated rings. The molecule has 0 spiro atoms. The van der Waals surface area contributed by atoms with Crippen LogP contribution in [0.4, 0.5) is 8.78 Å². The molecule has 146 valence electrons. The standard InChI is InChI=1S/C20H20F2N4O2/c1-4-26-13(3)23-17-11-15(7-10-18(17)26)19(27)25-24-12(2)14-5-8-16(9-6-14)28-20(21)22/h5-11,20H,4H2,1-3H3,(H,25,27). The Morgan fingerprint density at radius 3 is 2.54 bits per heavy atom. The highest BCUT2D eigenvalue weighted by molar-refractivity contribution is 6.01. The molecule has 3 rings (SSSR count). The normalized spacial score (nSPS) is 11.9. The number of carbonyl (C=O) groups excluding carboxylic acids is 1. The minimum absolute atomic E-state index is 0.0608. The van der Waals surface area contributed by atoms with E-state index in [1.807, 2.05) is 19.9 Å². The summed E-state index contributed by atoms with van der Waals surface area (Å²) in [5.74, 6) is 0.594. The van der Waals surface area contributed by atoms with Crippen LogP contribution in [0.25, 0.3) is 11.0 Å². The second kappa shape index (κ2) is 8.16. The molecule has 0 unspecified atom stereocenters. The quantitative estimate of drug-likeness (QED) is 0.512. The Morgan fingerprint density at radius 2 is 1.89 bits per heavy atom. The molecule has 1 aromatic heterocycles. The van der Waals surface area contributed by atoms with Crippen LogP contribution in [0.3, 0.4) is 0 Å². The molecular weight excluding hydrogens is 366 g/mol. The van der Waals surface area contributed by atoms with Crippen LogP contribution in [-0.4, -0.2) is 27.8 Å². The van der Waals surface area contributed by atoms with Crippen molar-refractivity contribution in [1.82, 2.24) is 15.0 Å². The van der Waals surface area contributed by atoms with Crippen LogP contribution in [0.15, 0.2) is 47.6 Å². The van der Waals surface area contributed by atoms with Gasteiger partial charge in [0.2, 0.25) is 0 Å². The van der Waals surface area contributed by atoms with Gasteiger partial charge in [0.25, 0.3) is 5.91 Å². The van der Waals surface area contributed by atoms with E-state index in [0.717, 1.165) is 23.4 Å². The minimum Gasteiger partial charge on any atom is -0.435 e. The van der Waals surface area contributed by atoms with Crippen molar-refractivity contribution in [2.45, 2.75) is 33.9 Å². The number of aryl methyl sites for hydroxylation is 2. The van der Waals surface area contributed by atoms with Crippen LogP contribution in [0, 0.1) is 6.92 Å². The number of benzene rings is 2. The van der Waals surface area contributed by atoms with Gasteiger partial charge in [-0.1, -0.05) is 0 Å². The molecule has 8 heteroatoms. The molecule has 0 bridgehead atoms. The smallest absolute Gasteiger partial charge is 0.387 e. The van der Waals surface area contributed by atoms with Gasteiger partial charge in [-0.2, -0.15) is 13.9 Å². The van der Waals surface area contributed by atoms with Gasteiger partial charge in [-0.25, -0.2) is 10.4 Å². The number of imidazole rings is 1. The molecule has 0 saturated heterocycles. The maximum atomic E-state index is 12.4. The lowest BCUT2D eigenvalue weighted by Crippen LogP contribution is -2.19. The van der Waals surface area contributed by atoms with Crippen LogP contribution < -0.4 is 10.2 Å². The summed E-state index contributed by atoms with van der Waals surface area (Å²) >= 11 is 0. The van der Waals surface area contributed by atoms with Gasteiger partial charge in [0, 0.05) is 12.1 Å². The van der Waals surface area contributed by atoms with Crippen molar-refractivity contribution in [3.63, 3.8) is 0 Å². The third-order valence-electron chi connectivity index (χ3n) is 4.34. The van der Waals surface area contributed by atoms with Gasteiger partial charge < -0.3 is 9.30 Å². The number of rotatable bonds is 6. The number of halogens is 2. The van der Waals surface area contributed by atoms with Crippen LogP contribution in [0.1, 0.15) is 35.6 Å². The van der Waals surface area contributed by atoms with E-state index in [1.165, 1.54) is 12.1 Å². The van der Waals surface area contributed by atoms with Crippen molar-refractivity contribution < 1.29 is 18.3 Å². The summed E-state index contributed by atoms with van der Waals surface area (Å²) in [5.41, 5.74) is 5.89. The first-order chi connectivity index (χ1) is 13.4. The summed E-state index contributed by atoms with van der Waals surface area (Å²) in [6.45, 7) is 3.61. The first kappa shape index (κ1) is 19.5. The van der Waals surface area contributed by atoms with Crippen LogP contribution in [0.5, 0.6) is 5.75 Å². The van der Waals surface area contributed by atoms with E-state index < -0.39 is 6.61 Å². The Bertz CT molecular complexity index is 1030. The van der Waals surface area contributed by atoms with Gasteiger partial charge in [-0.15, -0.1) is 0 Å². The predicted octanol–water partition coefficient (Wildman–Crippen LogP) is 4.12. The number of hydrazone groups is 1. The zero-order valence-corrected chi connectivity index (χ0v) is 15.7. The molecule has 6 nitrogen and oxygen atoms in total. The van der Waals surface area contributed by atoms with Crippen molar-refractivity contribution in [2.24, 2.45) is 5.10 Å². The van der Waals surface area contributed by atoms with Crippen molar-refractivity contribution in [3.05, 3.63) is 59.4 Å². The van der Waals surface area contributed by atoms with E-state index in [2.05, 4.69) is 24.8 Å². The Labute approximate surface area is 160 Å². The predicted molar refractivity (Wildman–Crippen MR) is 103 cm³/mol. The SMILES string of the molecule is CCn1c(C)nc2cc(C(=O)NN=C(C)c3ccc(OC(F)F)cc3)ccc21. The van der Waals surface area contributed by atoms with Gasteiger partial charge in [0.05, 0.1) is 16.7 Å². The largest absolute Gasteiger partial charge is 0.435 e. The number of hydrogen-bond acceptors (Lipinski definition) is 4. The lowest BCUT2D eigenvalue weighted by molar-refractivity contribution is -0.0498. The molecular formula is C20H20F2N4O2. The molecule has 0 aliphatic heterocycles. The highest BCUT2D eigenvalue weighted by atomic mass is 19.3. The lowest BCUT2D eigenvalue weighted by Gasteiger charge is -2.06. The topological polar surface area (TPSA) is 68.5 Å². The van der Waals surface area contributed by atoms with Gasteiger partial charge in [0.1, 0.15) is 11.6 Å². The zero-order chi connectivity index (χ0) is 20.3. The van der Waals surface area contributed by atoms with E-state index in [4.69, 9.17) is 0 Å². The maximum Gasteiger partial charge on any atom is 0.387 e. The second-order valence-electron chi connectivity index (χ2n) is 6.15. The molecule has 2 aromatic carbocycles. The summed E-state index contributed by atoms with van der Waals surface area (Å²) in [4.78, 5) is 16.9. The van der Waals surface area contributed by atoms with E-state index in [1.54, 1.807) is 31.2 Å². The number of carbonyl (C=O) groups is 1. The van der Waals surface area contributed by atoms with Crippen molar-refractivity contribution in [1.29, 1.82) is 0 Å². The Morgan fingerprint density at radius 1 is 1.21 bits per heavy atom. The molecule has 1 heterocycles. The summed E-state index contributed by atoms with van der Waals surface area (Å²) < 4.78 is 30.8. The fraction of sp³-hybridized carbons (Fsp3) is 0.250. The lowest BCUT2D eigenvalue weighted by atomic mass is 10.1. The Balaban J connectivity index is 1.72. The number of aromatic nitrogens is 2. The summed E-state index contributed by atoms with van der Waals surface area (Å²) in [5, 5.41) is 4.08. The fourth-order valence-corrected chi connectivity index (χ4v) is 2.93. The number of alkyl halides is 2. The zero-order valence-electron chi connectivity index (χ0n) is 15.7. The summed E-state index contributed by atoms with van der Waals surface area (Å²) in [6, 6.07) is 11.3. The molecule has 0 atom stereocenters. The monoisotopic (exact) mass is 386 g/mol. The second-order valence-corrected chi connectivity index (χ2v) is 6.15. The number of nitrogens with zero attached hydrogens (tertiary/aromatic N) is 3. The molecule has 28 heavy (non-hydrogen) atoms. The molecule has 0 aliphatic rings. The first-order valence-electron chi connectivity index (χ1n) is 8.75. The maximum absolute atomic E-state index is 12.4. The molecule has 0 aliphatic carbocycles. The molecule has 3 aromatic rings. The number of amides is 1. The third kappa shape index (κ3) is 4.16. The summed E-state index contributed by atoms with van der Waals surface area (Å²) in [6.07, 6.45) is 0. The minimum atomic E-state index is -2.87. The van der Waals surface area contributed by atoms with E-state index in [0.29, 0.717) is 16.8 Å². The highest BCUT2D eigenvalue weighted by Gasteiger charge is 2.11. The Hall–Kier alpha value is -3.29. The van der Waals surface area contributed by atoms with Gasteiger partial charge in [0.15, 0.2) is 0 Å². The van der Waals surface area contributed by atoms with Crippen LogP contribution in [0.2, 0.25) is 0 Å². The van der Waals surface area contributed by atoms with E-state index in [-0.39, 0.29) is 11.7 Å². The van der Waals surface area contributed by atoms with E-state index >= 15 is 0 Å². The average Bonchev–Trinajstić information content (AvgIpc) is 2.99. The molecule has 1 N–H and O–H groups in total. The first-order valence-corrected chi connectivity index (χ1v) is 8.75. The number of hydrogen-bond donors (Lipinski definition) is 1. The van der Waals surface area contributed by atoms with Gasteiger partial charge in [-0.05, 0) is 68.8 Å². The molecule has 0 saturated carbocycles. The highest BCUT2D eigenvalue weighted by Crippen LogP contribution is 2.18. The summed E-state index contributed by atoms with van der Waals surface area (Å²) in [7, 11) is 0.